The fourth-order valence-electron chi connectivity index (χ4n) is 0.855. The van der Waals surface area contributed by atoms with Crippen LogP contribution in [0.25, 0.3) is 0 Å². The summed E-state index contributed by atoms with van der Waals surface area (Å²) in [5.41, 5.74) is -0.492. The van der Waals surface area contributed by atoms with Crippen molar-refractivity contribution in [2.45, 2.75) is 13.8 Å². The molecule has 1 aromatic rings. The number of aliphatic hydroxyl groups excluding tert-OH is 1. The second-order valence-corrected chi connectivity index (χ2v) is 2.29. The van der Waals surface area contributed by atoms with Crippen molar-refractivity contribution in [3.05, 3.63) is 29.6 Å². The third-order valence-electron chi connectivity index (χ3n) is 1.37. The molecule has 0 aliphatic heterocycles. The summed E-state index contributed by atoms with van der Waals surface area (Å²) in [6.45, 7) is 3.78. The molecule has 1 aromatic carbocycles. The van der Waals surface area contributed by atoms with Crippen LogP contribution in [0.4, 0.5) is 18.9 Å². The Hall–Kier alpha value is -1.56. The summed E-state index contributed by atoms with van der Waals surface area (Å²) in [6.07, 6.45) is 0.447. The highest BCUT2D eigenvalue weighted by Crippen LogP contribution is 2.19. The number of rotatable bonds is 3. The van der Waals surface area contributed by atoms with Gasteiger partial charge in [0.2, 0.25) is 0 Å². The number of carbonyl (C=O) groups excluding carboxylic acids is 1. The van der Waals surface area contributed by atoms with Crippen LogP contribution in [-0.2, 0) is 4.79 Å². The van der Waals surface area contributed by atoms with Crippen molar-refractivity contribution in [2.75, 3.05) is 19.0 Å². The summed E-state index contributed by atoms with van der Waals surface area (Å²) in [5.74, 6) is -3.11. The first-order valence-corrected chi connectivity index (χ1v) is 4.92. The third-order valence-corrected chi connectivity index (χ3v) is 1.37. The van der Waals surface area contributed by atoms with E-state index in [2.05, 4.69) is 5.32 Å². The first-order chi connectivity index (χ1) is 8.15. The van der Waals surface area contributed by atoms with Crippen LogP contribution < -0.4 is 5.32 Å². The minimum absolute atomic E-state index is 0.223. The molecule has 0 saturated carbocycles. The van der Waals surface area contributed by atoms with Crippen LogP contribution in [0.2, 0.25) is 0 Å². The lowest BCUT2D eigenvalue weighted by Crippen LogP contribution is -2.06. The number of anilines is 1. The zero-order valence-electron chi connectivity index (χ0n) is 9.93. The number of benzene rings is 1. The van der Waals surface area contributed by atoms with Gasteiger partial charge in [-0.2, -0.15) is 0 Å². The molecule has 0 unspecified atom stereocenters. The molecule has 0 radical (unpaired) electrons. The number of hydrogen-bond donors (Lipinski definition) is 2. The molecule has 98 valence electrons. The molecule has 0 aliphatic carbocycles. The van der Waals surface area contributed by atoms with E-state index in [0.717, 1.165) is 7.11 Å². The van der Waals surface area contributed by atoms with Crippen molar-refractivity contribution in [1.82, 2.24) is 0 Å². The molecule has 2 N–H and O–H groups in total. The summed E-state index contributed by atoms with van der Waals surface area (Å²) in [6, 6.07) is 1.08. The number of halogens is 3. The average Bonchev–Trinajstić information content (AvgIpc) is 2.33. The van der Waals surface area contributed by atoms with Gasteiger partial charge in [-0.15, -0.1) is 0 Å². The second kappa shape index (κ2) is 10.9. The lowest BCUT2D eigenvalue weighted by Gasteiger charge is -2.04. The van der Waals surface area contributed by atoms with Gasteiger partial charge in [-0.25, -0.2) is 13.2 Å². The molecule has 0 atom stereocenters. The smallest absolute Gasteiger partial charge is 0.152 e. The Balaban J connectivity index is 0. The van der Waals surface area contributed by atoms with E-state index in [1.165, 1.54) is 0 Å². The predicted octanol–water partition coefficient (Wildman–Crippen LogP) is 2.35. The van der Waals surface area contributed by atoms with E-state index in [1.54, 1.807) is 0 Å². The van der Waals surface area contributed by atoms with Gasteiger partial charge in [-0.3, -0.25) is 0 Å². The van der Waals surface area contributed by atoms with Crippen LogP contribution in [0.5, 0.6) is 0 Å². The van der Waals surface area contributed by atoms with Gasteiger partial charge in [0.15, 0.2) is 11.6 Å². The van der Waals surface area contributed by atoms with Crippen molar-refractivity contribution in [1.29, 1.82) is 0 Å². The minimum Gasteiger partial charge on any atom is -0.400 e. The molecule has 0 aromatic heterocycles. The zero-order chi connectivity index (χ0) is 13.8. The molecule has 0 bridgehead atoms. The Labute approximate surface area is 98.3 Å². The van der Waals surface area contributed by atoms with Crippen molar-refractivity contribution in [3.8, 4) is 0 Å². The minimum atomic E-state index is -1.06. The van der Waals surface area contributed by atoms with Crippen LogP contribution in [0.1, 0.15) is 13.8 Å². The summed E-state index contributed by atoms with van der Waals surface area (Å²) < 4.78 is 37.9. The standard InChI is InChI=1S/C8H6F3NO.C2H6.CH4O/c9-5-3-6(10)8(7(11)4-5)12-1-2-13;2*1-2/h2-4,12H,1H2;1-2H3;2H,1H3. The van der Waals surface area contributed by atoms with Crippen LogP contribution in [-0.4, -0.2) is 25.0 Å². The quantitative estimate of drug-likeness (QED) is 0.811. The Morgan fingerprint density at radius 3 is 1.94 bits per heavy atom. The SMILES string of the molecule is CC.CO.O=CCNc1c(F)cc(F)cc1F. The van der Waals surface area contributed by atoms with E-state index < -0.39 is 23.1 Å². The monoisotopic (exact) mass is 251 g/mol. The van der Waals surface area contributed by atoms with E-state index in [0.29, 0.717) is 18.4 Å². The van der Waals surface area contributed by atoms with E-state index >= 15 is 0 Å². The van der Waals surface area contributed by atoms with Crippen molar-refractivity contribution in [2.24, 2.45) is 0 Å². The predicted molar refractivity (Wildman–Crippen MR) is 60.4 cm³/mol. The number of carbonyl (C=O) groups is 1. The molecule has 3 nitrogen and oxygen atoms in total. The van der Waals surface area contributed by atoms with Crippen molar-refractivity contribution < 1.29 is 23.1 Å². The molecule has 1 rings (SSSR count). The van der Waals surface area contributed by atoms with Crippen molar-refractivity contribution in [3.63, 3.8) is 0 Å². The topological polar surface area (TPSA) is 49.3 Å². The van der Waals surface area contributed by atoms with Crippen molar-refractivity contribution >= 4 is 12.0 Å². The van der Waals surface area contributed by atoms with Gasteiger partial charge in [0.25, 0.3) is 0 Å². The number of hydrogen-bond acceptors (Lipinski definition) is 3. The van der Waals surface area contributed by atoms with Gasteiger partial charge in [0, 0.05) is 19.2 Å². The van der Waals surface area contributed by atoms with Gasteiger partial charge >= 0.3 is 0 Å². The first kappa shape index (κ1) is 17.8. The van der Waals surface area contributed by atoms with Crippen LogP contribution in [0, 0.1) is 17.5 Å². The maximum absolute atomic E-state index is 12.8. The molecule has 0 saturated heterocycles. The Morgan fingerprint density at radius 2 is 1.59 bits per heavy atom. The third kappa shape index (κ3) is 6.57. The van der Waals surface area contributed by atoms with E-state index in [4.69, 9.17) is 5.11 Å². The van der Waals surface area contributed by atoms with Crippen LogP contribution in [0.3, 0.4) is 0 Å². The van der Waals surface area contributed by atoms with E-state index in [1.807, 2.05) is 13.8 Å². The zero-order valence-corrected chi connectivity index (χ0v) is 9.93. The second-order valence-electron chi connectivity index (χ2n) is 2.29. The molecule has 0 amide bonds. The summed E-state index contributed by atoms with van der Waals surface area (Å²) in [5, 5.41) is 9.17. The Bertz CT molecular complexity index is 309. The largest absolute Gasteiger partial charge is 0.400 e. The van der Waals surface area contributed by atoms with Crippen LogP contribution >= 0.6 is 0 Å². The molecular weight excluding hydrogens is 235 g/mol. The Kier molecular flexibility index (Phi) is 11.5. The molecule has 0 spiro atoms. The van der Waals surface area contributed by atoms with Gasteiger partial charge < -0.3 is 15.2 Å². The summed E-state index contributed by atoms with van der Waals surface area (Å²) in [4.78, 5) is 9.89. The number of aliphatic hydroxyl groups is 1. The average molecular weight is 251 g/mol. The maximum Gasteiger partial charge on any atom is 0.152 e. The fourth-order valence-corrected chi connectivity index (χ4v) is 0.855. The lowest BCUT2D eigenvalue weighted by atomic mass is 10.3. The molecule has 0 fully saturated rings. The van der Waals surface area contributed by atoms with Gasteiger partial charge in [0.05, 0.1) is 6.54 Å². The first-order valence-electron chi connectivity index (χ1n) is 4.92. The molecule has 0 aliphatic rings. The van der Waals surface area contributed by atoms with Gasteiger partial charge in [0.1, 0.15) is 17.8 Å². The maximum atomic E-state index is 12.8. The van der Waals surface area contributed by atoms with Gasteiger partial charge in [-0.1, -0.05) is 13.8 Å². The van der Waals surface area contributed by atoms with Crippen LogP contribution in [0.15, 0.2) is 12.1 Å². The highest BCUT2D eigenvalue weighted by Gasteiger charge is 2.09. The highest BCUT2D eigenvalue weighted by atomic mass is 19.1. The number of aldehydes is 1. The summed E-state index contributed by atoms with van der Waals surface area (Å²) >= 11 is 0. The fraction of sp³-hybridized carbons (Fsp3) is 0.364. The number of nitrogens with one attached hydrogen (secondary N) is 1. The highest BCUT2D eigenvalue weighted by molar-refractivity contribution is 5.59. The summed E-state index contributed by atoms with van der Waals surface area (Å²) in [7, 11) is 1.00. The molecular formula is C11H16F3NO2. The molecule has 17 heavy (non-hydrogen) atoms. The van der Waals surface area contributed by atoms with E-state index in [9.17, 15) is 18.0 Å². The normalized spacial score (nSPS) is 8.18. The Morgan fingerprint density at radius 1 is 1.18 bits per heavy atom. The molecule has 0 heterocycles. The van der Waals surface area contributed by atoms with E-state index in [-0.39, 0.29) is 6.54 Å². The molecule has 6 heteroatoms. The lowest BCUT2D eigenvalue weighted by molar-refractivity contribution is -0.106. The van der Waals surface area contributed by atoms with Gasteiger partial charge in [-0.05, 0) is 0 Å².